The second kappa shape index (κ2) is 11.0. The largest absolute Gasteiger partial charge is 0.381 e. The Hall–Kier alpha value is -1.85. The van der Waals surface area contributed by atoms with Crippen molar-refractivity contribution in [2.24, 2.45) is 28.2 Å². The number of hydrogen-bond acceptors (Lipinski definition) is 6. The van der Waals surface area contributed by atoms with Crippen molar-refractivity contribution in [3.05, 3.63) is 34.9 Å². The van der Waals surface area contributed by atoms with E-state index in [1.165, 1.54) is 31.4 Å². The zero-order chi connectivity index (χ0) is 28.2. The van der Waals surface area contributed by atoms with E-state index in [1.807, 2.05) is 18.9 Å². The second-order valence-electron chi connectivity index (χ2n) is 14.0. The molecule has 6 aliphatic rings. The van der Waals surface area contributed by atoms with Crippen molar-refractivity contribution >= 4 is 22.8 Å². The summed E-state index contributed by atoms with van der Waals surface area (Å²) < 4.78 is 5.81. The number of nitrogens with zero attached hydrogens (tertiary/aromatic N) is 4. The monoisotopic (exact) mass is 574 g/mol. The number of amidine groups is 1. The number of carbonyl (C=O) groups is 1. The molecule has 6 nitrogen and oxygen atoms in total. The molecule has 1 aromatic rings. The summed E-state index contributed by atoms with van der Waals surface area (Å²) in [6.45, 7) is 5.26. The highest BCUT2D eigenvalue weighted by molar-refractivity contribution is 8.13. The predicted octanol–water partition coefficient (Wildman–Crippen LogP) is 4.61. The number of rotatable bonds is 5. The first kappa shape index (κ1) is 28.0. The molecule has 220 valence electrons. The van der Waals surface area contributed by atoms with Crippen molar-refractivity contribution in [2.45, 2.75) is 69.4 Å². The van der Waals surface area contributed by atoms with Gasteiger partial charge in [0.15, 0.2) is 10.7 Å². The average molecular weight is 575 g/mol. The molecule has 0 N–H and O–H groups in total. The Balaban J connectivity index is 1.28. The Morgan fingerprint density at radius 3 is 2.41 bits per heavy atom. The average Bonchev–Trinajstić information content (AvgIpc) is 3.33. The fraction of sp³-hybridized carbons (Fsp3) is 0.706. The highest BCUT2D eigenvalue weighted by Gasteiger charge is 2.67. The van der Waals surface area contributed by atoms with Gasteiger partial charge in [-0.3, -0.25) is 9.69 Å². The number of fused-ring (bicyclic) bond motifs is 3. The number of methoxy groups -OCH3 is 1. The van der Waals surface area contributed by atoms with Crippen LogP contribution >= 0.6 is 11.8 Å². The highest BCUT2D eigenvalue weighted by atomic mass is 32.2. The van der Waals surface area contributed by atoms with Gasteiger partial charge in [0.2, 0.25) is 0 Å². The maximum absolute atomic E-state index is 15.1. The summed E-state index contributed by atoms with van der Waals surface area (Å²) in [4.78, 5) is 27.8. The quantitative estimate of drug-likeness (QED) is 0.481. The molecule has 0 bridgehead atoms. The molecule has 0 aromatic heterocycles. The van der Waals surface area contributed by atoms with Crippen LogP contribution in [0.5, 0.6) is 0 Å². The fourth-order valence-electron chi connectivity index (χ4n) is 8.37. The Morgan fingerprint density at radius 1 is 1.02 bits per heavy atom. The van der Waals surface area contributed by atoms with Crippen molar-refractivity contribution in [1.29, 1.82) is 0 Å². The van der Waals surface area contributed by atoms with E-state index in [0.717, 1.165) is 86.8 Å². The van der Waals surface area contributed by atoms with Gasteiger partial charge in [0.1, 0.15) is 0 Å². The molecule has 4 fully saturated rings. The Kier molecular flexibility index (Phi) is 7.51. The SMILES string of the molecule is COC1CCC2(CC1)Cc1ccc(C#CC3CC3)cc1C21N=C(SCC2CCN(C)C2)N(CC2CCN(C)C2)C1=O. The standard InChI is InChI=1S/C34H46N4O2S/c1-36-16-12-26(20-36)22-38-31(39)34(35-32(38)41-23-27-13-17-37(2)21-27)30-18-25(7-6-24-4-5-24)8-9-28(30)19-33(34)14-10-29(40-3)11-15-33/h8-9,18,24,26-27,29H,4-5,10-17,19-23H2,1-3H3. The summed E-state index contributed by atoms with van der Waals surface area (Å²) in [5.41, 5.74) is 2.46. The van der Waals surface area contributed by atoms with Crippen molar-refractivity contribution in [3.63, 3.8) is 0 Å². The number of carbonyl (C=O) groups excluding carboxylic acids is 1. The molecule has 3 atom stereocenters. The zero-order valence-electron chi connectivity index (χ0n) is 25.2. The lowest BCUT2D eigenvalue weighted by molar-refractivity contribution is -0.138. The molecule has 1 aromatic carbocycles. The number of aliphatic imine (C=N–C) groups is 1. The van der Waals surface area contributed by atoms with E-state index in [2.05, 4.69) is 58.8 Å². The first-order valence-electron chi connectivity index (χ1n) is 16.0. The Bertz CT molecular complexity index is 1270. The number of likely N-dealkylation sites (tertiary alicyclic amines) is 2. The minimum atomic E-state index is -0.836. The maximum Gasteiger partial charge on any atom is 0.261 e. The second-order valence-corrected chi connectivity index (χ2v) is 15.0. The van der Waals surface area contributed by atoms with Gasteiger partial charge in [-0.25, -0.2) is 4.99 Å². The first-order valence-corrected chi connectivity index (χ1v) is 17.0. The molecular weight excluding hydrogens is 528 g/mol. The zero-order valence-corrected chi connectivity index (χ0v) is 26.0. The van der Waals surface area contributed by atoms with Crippen LogP contribution in [0.4, 0.5) is 0 Å². The van der Waals surface area contributed by atoms with Gasteiger partial charge < -0.3 is 14.5 Å². The summed E-state index contributed by atoms with van der Waals surface area (Å²) in [5, 5.41) is 0.981. The van der Waals surface area contributed by atoms with Crippen LogP contribution in [0.15, 0.2) is 23.2 Å². The van der Waals surface area contributed by atoms with Crippen LogP contribution < -0.4 is 0 Å². The fourth-order valence-corrected chi connectivity index (χ4v) is 9.54. The molecule has 2 spiro atoms. The van der Waals surface area contributed by atoms with E-state index >= 15 is 4.79 Å². The molecule has 0 radical (unpaired) electrons. The predicted molar refractivity (Wildman–Crippen MR) is 166 cm³/mol. The number of ether oxygens (including phenoxy) is 1. The van der Waals surface area contributed by atoms with Crippen LogP contribution in [0.2, 0.25) is 0 Å². The van der Waals surface area contributed by atoms with Gasteiger partial charge in [-0.15, -0.1) is 0 Å². The van der Waals surface area contributed by atoms with E-state index in [9.17, 15) is 0 Å². The van der Waals surface area contributed by atoms with Gasteiger partial charge in [0.05, 0.1) is 6.10 Å². The molecule has 2 saturated carbocycles. The minimum Gasteiger partial charge on any atom is -0.381 e. The van der Waals surface area contributed by atoms with E-state index in [1.54, 1.807) is 0 Å². The topological polar surface area (TPSA) is 48.4 Å². The van der Waals surface area contributed by atoms with Gasteiger partial charge in [-0.05, 0) is 120 Å². The normalized spacial score (nSPS) is 35.4. The molecular formula is C34H46N4O2S. The number of benzene rings is 1. The van der Waals surface area contributed by atoms with Crippen molar-refractivity contribution < 1.29 is 9.53 Å². The lowest BCUT2D eigenvalue weighted by atomic mass is 9.61. The van der Waals surface area contributed by atoms with E-state index in [-0.39, 0.29) is 17.4 Å². The molecule has 3 aliphatic carbocycles. The molecule has 7 rings (SSSR count). The Labute approximate surface area is 250 Å². The van der Waals surface area contributed by atoms with Crippen LogP contribution in [0, 0.1) is 35.0 Å². The van der Waals surface area contributed by atoms with Crippen LogP contribution in [-0.4, -0.2) is 91.6 Å². The lowest BCUT2D eigenvalue weighted by Crippen LogP contribution is -2.52. The first-order chi connectivity index (χ1) is 19.9. The summed E-state index contributed by atoms with van der Waals surface area (Å²) in [7, 11) is 6.26. The highest BCUT2D eigenvalue weighted by Crippen LogP contribution is 2.62. The maximum atomic E-state index is 15.1. The molecule has 3 aliphatic heterocycles. The molecule has 3 unspecified atom stereocenters. The molecule has 7 heteroatoms. The van der Waals surface area contributed by atoms with Crippen molar-refractivity contribution in [1.82, 2.24) is 14.7 Å². The van der Waals surface area contributed by atoms with Gasteiger partial charge in [0.25, 0.3) is 5.91 Å². The number of hydrogen-bond donors (Lipinski definition) is 0. The van der Waals surface area contributed by atoms with E-state index < -0.39 is 5.54 Å². The molecule has 3 heterocycles. The summed E-state index contributed by atoms with van der Waals surface area (Å²) >= 11 is 1.86. The summed E-state index contributed by atoms with van der Waals surface area (Å²) in [6, 6.07) is 6.71. The van der Waals surface area contributed by atoms with Crippen LogP contribution in [0.1, 0.15) is 68.1 Å². The van der Waals surface area contributed by atoms with Gasteiger partial charge in [-0.1, -0.05) is 29.7 Å². The molecule has 2 saturated heterocycles. The third-order valence-corrected chi connectivity index (χ3v) is 12.1. The lowest BCUT2D eigenvalue weighted by Gasteiger charge is -2.45. The smallest absolute Gasteiger partial charge is 0.261 e. The van der Waals surface area contributed by atoms with Crippen molar-refractivity contribution in [3.8, 4) is 11.8 Å². The minimum absolute atomic E-state index is 0.190. The van der Waals surface area contributed by atoms with E-state index in [4.69, 9.17) is 9.73 Å². The van der Waals surface area contributed by atoms with E-state index in [0.29, 0.717) is 17.8 Å². The van der Waals surface area contributed by atoms with Crippen LogP contribution in [-0.2, 0) is 21.5 Å². The van der Waals surface area contributed by atoms with Gasteiger partial charge >= 0.3 is 0 Å². The third-order valence-electron chi connectivity index (χ3n) is 10.9. The van der Waals surface area contributed by atoms with Gasteiger partial charge in [-0.2, -0.15) is 0 Å². The summed E-state index contributed by atoms with van der Waals surface area (Å²) in [5.74, 6) is 9.89. The third kappa shape index (κ3) is 5.07. The van der Waals surface area contributed by atoms with Crippen LogP contribution in [0.3, 0.4) is 0 Å². The van der Waals surface area contributed by atoms with Gasteiger partial charge in [0, 0.05) is 49.4 Å². The van der Waals surface area contributed by atoms with Crippen molar-refractivity contribution in [2.75, 3.05) is 59.7 Å². The number of thioether (sulfide) groups is 1. The van der Waals surface area contributed by atoms with Crippen LogP contribution in [0.25, 0.3) is 0 Å². The summed E-state index contributed by atoms with van der Waals surface area (Å²) in [6.07, 6.45) is 9.97. The number of amides is 1. The molecule has 1 amide bonds. The Morgan fingerprint density at radius 2 is 1.76 bits per heavy atom. The molecule has 41 heavy (non-hydrogen) atoms.